The van der Waals surface area contributed by atoms with Crippen LogP contribution in [0.5, 0.6) is 0 Å². The lowest BCUT2D eigenvalue weighted by molar-refractivity contribution is -0.143. The van der Waals surface area contributed by atoms with Crippen LogP contribution in [0.3, 0.4) is 0 Å². The van der Waals surface area contributed by atoms with Crippen molar-refractivity contribution in [2.24, 2.45) is 11.7 Å². The monoisotopic (exact) mass is 979 g/mol. The number of aliphatic hydroxyl groups excluding tert-OH is 1. The van der Waals surface area contributed by atoms with Crippen LogP contribution >= 0.6 is 7.82 Å². The smallest absolute Gasteiger partial charge is 0.394 e. The standard InChI is InChI=1S/C46H75N8O13P/c1-30(2)24-34(50-44(61)37-19-15-22-54(37)38(56)20-23-65-46(7,8)28-66-45(4,5)6)41(58)49-35(25-33-26-48-29-53(33)21-14-10-13-18-32-16-11-9-12-17-32)42(59)51-36(27-55)43(60)52-39(40(47)57)31(3)67-68(62,63)64/h9,11-12,16-17,26,29-31,34-37,39,55H,10,13-15,18-25,27-28H2,1-8H3,(H2,47,57)(H,49,58)(H,50,61)(H,51,59)(H,52,60)(H2,62,63,64)/t31-,34+,35+,36+,37+,39+/m1/s1. The van der Waals surface area contributed by atoms with E-state index < -0.39 is 85.9 Å². The second kappa shape index (κ2) is 26.8. The van der Waals surface area contributed by atoms with Gasteiger partial charge in [0.15, 0.2) is 0 Å². The molecule has 9 N–H and O–H groups in total. The van der Waals surface area contributed by atoms with Gasteiger partial charge in [-0.1, -0.05) is 50.6 Å². The third kappa shape index (κ3) is 20.5. The summed E-state index contributed by atoms with van der Waals surface area (Å²) in [5.41, 5.74) is 6.13. The largest absolute Gasteiger partial charge is 0.469 e. The number of imidazole rings is 1. The van der Waals surface area contributed by atoms with Crippen molar-refractivity contribution in [1.29, 1.82) is 0 Å². The van der Waals surface area contributed by atoms with Crippen LogP contribution in [0.4, 0.5) is 0 Å². The zero-order valence-corrected chi connectivity index (χ0v) is 41.7. The van der Waals surface area contributed by atoms with Gasteiger partial charge in [-0.2, -0.15) is 0 Å². The van der Waals surface area contributed by atoms with Crippen molar-refractivity contribution in [3.05, 3.63) is 54.1 Å². The van der Waals surface area contributed by atoms with Gasteiger partial charge in [0.2, 0.25) is 35.4 Å². The molecular weight excluding hydrogens is 904 g/mol. The number of ether oxygens (including phenoxy) is 2. The molecule has 0 radical (unpaired) electrons. The Morgan fingerprint density at radius 3 is 2.15 bits per heavy atom. The molecule has 21 nitrogen and oxygen atoms in total. The number of hydrogen-bond donors (Lipinski definition) is 8. The molecule has 6 amide bonds. The molecule has 2 aromatic rings. The summed E-state index contributed by atoms with van der Waals surface area (Å²) in [7, 11) is -5.13. The Labute approximate surface area is 399 Å². The summed E-state index contributed by atoms with van der Waals surface area (Å²) < 4.78 is 29.7. The van der Waals surface area contributed by atoms with E-state index >= 15 is 0 Å². The molecule has 6 atom stereocenters. The number of hydrogen-bond acceptors (Lipinski definition) is 12. The molecule has 22 heteroatoms. The van der Waals surface area contributed by atoms with Gasteiger partial charge in [0, 0.05) is 31.4 Å². The highest BCUT2D eigenvalue weighted by atomic mass is 31.2. The van der Waals surface area contributed by atoms with E-state index in [1.165, 1.54) is 16.7 Å². The SMILES string of the molecule is CC(C)C[C@H](NC(=O)[C@@H]1CCCN1C(=O)CCOC(C)(C)COC(C)(C)C)C(=O)N[C@@H](Cc1cncn1CCCCCc1ccccc1)C(=O)N[C@@H](CO)C(=O)N[C@H](C(N)=O)[C@@H](C)OP(=O)(O)O. The Balaban J connectivity index is 1.81. The zero-order chi connectivity index (χ0) is 50.8. The minimum absolute atomic E-state index is 0.0238. The number of primary amides is 1. The maximum atomic E-state index is 14.3. The fourth-order valence-corrected chi connectivity index (χ4v) is 8.11. The van der Waals surface area contributed by atoms with Gasteiger partial charge < -0.3 is 60.8 Å². The van der Waals surface area contributed by atoms with E-state index in [1.54, 1.807) is 6.33 Å². The average Bonchev–Trinajstić information content (AvgIpc) is 3.92. The van der Waals surface area contributed by atoms with Crippen LogP contribution < -0.4 is 27.0 Å². The zero-order valence-electron chi connectivity index (χ0n) is 40.8. The van der Waals surface area contributed by atoms with E-state index in [0.29, 0.717) is 38.2 Å². The third-order valence-corrected chi connectivity index (χ3v) is 11.7. The van der Waals surface area contributed by atoms with Gasteiger partial charge in [-0.3, -0.25) is 33.3 Å². The van der Waals surface area contributed by atoms with E-state index in [1.807, 2.05) is 71.2 Å². The summed E-state index contributed by atoms with van der Waals surface area (Å²) in [6.07, 6.45) is 6.00. The van der Waals surface area contributed by atoms with E-state index in [0.717, 1.165) is 32.6 Å². The number of carbonyl (C=O) groups is 6. The van der Waals surface area contributed by atoms with E-state index in [4.69, 9.17) is 15.2 Å². The van der Waals surface area contributed by atoms with Gasteiger partial charge in [-0.05, 0) is 91.5 Å². The van der Waals surface area contributed by atoms with Crippen LogP contribution in [0, 0.1) is 5.92 Å². The fraction of sp³-hybridized carbons (Fsp3) is 0.674. The first-order valence-corrected chi connectivity index (χ1v) is 24.8. The first-order valence-electron chi connectivity index (χ1n) is 23.2. The molecule has 382 valence electrons. The van der Waals surface area contributed by atoms with Crippen LogP contribution in [0.15, 0.2) is 42.9 Å². The molecule has 2 heterocycles. The number of benzene rings is 1. The van der Waals surface area contributed by atoms with Crippen molar-refractivity contribution in [2.45, 2.75) is 167 Å². The normalized spacial score (nSPS) is 16.6. The van der Waals surface area contributed by atoms with Gasteiger partial charge in [-0.25, -0.2) is 9.55 Å². The molecule has 0 spiro atoms. The summed E-state index contributed by atoms with van der Waals surface area (Å²) in [5, 5.41) is 20.4. The number of aliphatic hydroxyl groups is 1. The third-order valence-electron chi connectivity index (χ3n) is 11.1. The van der Waals surface area contributed by atoms with Gasteiger partial charge in [0.05, 0.1) is 49.9 Å². The minimum Gasteiger partial charge on any atom is -0.394 e. The number of carbonyl (C=O) groups excluding carboxylic acids is 6. The highest BCUT2D eigenvalue weighted by Gasteiger charge is 2.38. The maximum Gasteiger partial charge on any atom is 0.469 e. The number of likely N-dealkylation sites (tertiary alicyclic amines) is 1. The van der Waals surface area contributed by atoms with Crippen molar-refractivity contribution >= 4 is 43.3 Å². The number of aromatic nitrogens is 2. The number of amides is 6. The molecule has 1 fully saturated rings. The van der Waals surface area contributed by atoms with Crippen molar-refractivity contribution in [3.63, 3.8) is 0 Å². The summed E-state index contributed by atoms with van der Waals surface area (Å²) in [4.78, 5) is 106. The molecule has 68 heavy (non-hydrogen) atoms. The highest BCUT2D eigenvalue weighted by molar-refractivity contribution is 7.46. The summed E-state index contributed by atoms with van der Waals surface area (Å²) in [5.74, 6) is -4.98. The molecule has 0 saturated carbocycles. The van der Waals surface area contributed by atoms with Crippen molar-refractivity contribution in [1.82, 2.24) is 35.7 Å². The molecule has 0 bridgehead atoms. The van der Waals surface area contributed by atoms with Gasteiger partial charge in [-0.15, -0.1) is 0 Å². The molecule has 1 aliphatic heterocycles. The first kappa shape index (κ1) is 57.6. The Hall–Kier alpha value is -4.76. The predicted octanol–water partition coefficient (Wildman–Crippen LogP) is 1.79. The molecule has 3 rings (SSSR count). The quantitative estimate of drug-likeness (QED) is 0.0426. The van der Waals surface area contributed by atoms with E-state index in [2.05, 4.69) is 42.9 Å². The highest BCUT2D eigenvalue weighted by Crippen LogP contribution is 2.38. The summed E-state index contributed by atoms with van der Waals surface area (Å²) in [6, 6.07) is 3.12. The molecule has 1 aliphatic rings. The number of nitrogens with zero attached hydrogens (tertiary/aromatic N) is 3. The number of unbranched alkanes of at least 4 members (excludes halogenated alkanes) is 2. The second-order valence-electron chi connectivity index (χ2n) is 19.3. The number of aryl methyl sites for hydroxylation is 2. The lowest BCUT2D eigenvalue weighted by Crippen LogP contribution is -2.61. The Bertz CT molecular complexity index is 2000. The maximum absolute atomic E-state index is 14.3. The Morgan fingerprint density at radius 2 is 1.53 bits per heavy atom. The van der Waals surface area contributed by atoms with Gasteiger partial charge in [0.25, 0.3) is 0 Å². The lowest BCUT2D eigenvalue weighted by atomic mass is 10.0. The van der Waals surface area contributed by atoms with Crippen molar-refractivity contribution in [2.75, 3.05) is 26.4 Å². The summed E-state index contributed by atoms with van der Waals surface area (Å²) >= 11 is 0. The number of nitrogens with two attached hydrogens (primary N) is 1. The fourth-order valence-electron chi connectivity index (χ4n) is 7.56. The van der Waals surface area contributed by atoms with Gasteiger partial charge >= 0.3 is 7.82 Å². The average molecular weight is 979 g/mol. The number of nitrogens with one attached hydrogen (secondary N) is 4. The second-order valence-corrected chi connectivity index (χ2v) is 20.5. The lowest BCUT2D eigenvalue weighted by Gasteiger charge is -2.31. The molecule has 1 saturated heterocycles. The van der Waals surface area contributed by atoms with Crippen molar-refractivity contribution < 1.29 is 62.2 Å². The molecule has 1 aromatic carbocycles. The Morgan fingerprint density at radius 1 is 0.882 bits per heavy atom. The van der Waals surface area contributed by atoms with Crippen LogP contribution in [-0.4, -0.2) is 139 Å². The molecule has 0 aliphatic carbocycles. The predicted molar refractivity (Wildman–Crippen MR) is 251 cm³/mol. The number of rotatable bonds is 29. The summed E-state index contributed by atoms with van der Waals surface area (Å²) in [6.45, 7) is 14.6. The van der Waals surface area contributed by atoms with Crippen molar-refractivity contribution in [3.8, 4) is 0 Å². The topological polar surface area (TPSA) is 303 Å². The Kier molecular flexibility index (Phi) is 22.7. The van der Waals surface area contributed by atoms with Crippen LogP contribution in [0.1, 0.15) is 112 Å². The van der Waals surface area contributed by atoms with Crippen LogP contribution in [0.2, 0.25) is 0 Å². The number of phosphoric acid groups is 1. The molecule has 1 aromatic heterocycles. The number of phosphoric ester groups is 1. The molecular formula is C46H75N8O13P. The van der Waals surface area contributed by atoms with E-state index in [-0.39, 0.29) is 43.3 Å². The molecule has 0 unspecified atom stereocenters. The minimum atomic E-state index is -5.13. The van der Waals surface area contributed by atoms with E-state index in [9.17, 15) is 48.2 Å². The van der Waals surface area contributed by atoms with Gasteiger partial charge in [0.1, 0.15) is 30.2 Å². The van der Waals surface area contributed by atoms with Crippen LogP contribution in [0.25, 0.3) is 0 Å². The van der Waals surface area contributed by atoms with Crippen LogP contribution in [-0.2, 0) is 66.7 Å². The first-order chi connectivity index (χ1) is 31.8.